The summed E-state index contributed by atoms with van der Waals surface area (Å²) in [6, 6.07) is 4.71. The van der Waals surface area contributed by atoms with Crippen LogP contribution in [-0.2, 0) is 9.84 Å². The number of sulfone groups is 1. The Labute approximate surface area is 121 Å². The van der Waals surface area contributed by atoms with Gasteiger partial charge in [-0.1, -0.05) is 13.3 Å². The smallest absolute Gasteiger partial charge is 0.175 e. The fourth-order valence-corrected chi connectivity index (χ4v) is 3.48. The number of hydrogen-bond donors (Lipinski definition) is 1. The molecule has 1 aliphatic rings. The Bertz CT molecular complexity index is 568. The second kappa shape index (κ2) is 6.04. The number of rotatable bonds is 4. The van der Waals surface area contributed by atoms with Crippen LogP contribution in [0.15, 0.2) is 23.1 Å². The highest BCUT2D eigenvalue weighted by Gasteiger charge is 2.26. The first-order chi connectivity index (χ1) is 9.41. The van der Waals surface area contributed by atoms with Crippen LogP contribution in [0.5, 0.6) is 5.75 Å². The van der Waals surface area contributed by atoms with Crippen LogP contribution in [0, 0.1) is 5.92 Å². The van der Waals surface area contributed by atoms with E-state index in [0.717, 1.165) is 12.8 Å². The summed E-state index contributed by atoms with van der Waals surface area (Å²) in [6.07, 6.45) is 7.17. The van der Waals surface area contributed by atoms with Crippen LogP contribution in [0.25, 0.3) is 0 Å². The zero-order valence-electron chi connectivity index (χ0n) is 12.1. The van der Waals surface area contributed by atoms with Gasteiger partial charge in [0.2, 0.25) is 0 Å². The molecular formula is C15H23NO3S. The van der Waals surface area contributed by atoms with Gasteiger partial charge in [-0.15, -0.1) is 0 Å². The Morgan fingerprint density at radius 1 is 1.30 bits per heavy atom. The summed E-state index contributed by atoms with van der Waals surface area (Å²) in [5.41, 5.74) is 6.33. The Hall–Kier alpha value is -1.23. The highest BCUT2D eigenvalue weighted by molar-refractivity contribution is 7.90. The predicted octanol–water partition coefficient (Wildman–Crippen LogP) is 3.02. The highest BCUT2D eigenvalue weighted by atomic mass is 32.2. The fourth-order valence-electron chi connectivity index (χ4n) is 2.82. The van der Waals surface area contributed by atoms with E-state index in [0.29, 0.717) is 17.4 Å². The first kappa shape index (κ1) is 15.2. The van der Waals surface area contributed by atoms with Gasteiger partial charge in [0.15, 0.2) is 9.84 Å². The quantitative estimate of drug-likeness (QED) is 0.867. The topological polar surface area (TPSA) is 69.4 Å². The molecule has 1 aromatic carbocycles. The van der Waals surface area contributed by atoms with E-state index in [1.165, 1.54) is 31.6 Å². The van der Waals surface area contributed by atoms with Crippen molar-refractivity contribution in [1.82, 2.24) is 0 Å². The molecule has 4 nitrogen and oxygen atoms in total. The summed E-state index contributed by atoms with van der Waals surface area (Å²) in [5, 5.41) is 0. The summed E-state index contributed by atoms with van der Waals surface area (Å²) < 4.78 is 29.0. The van der Waals surface area contributed by atoms with Crippen molar-refractivity contribution in [3.63, 3.8) is 0 Å². The number of nitrogen functional groups attached to an aromatic ring is 1. The zero-order valence-corrected chi connectivity index (χ0v) is 12.9. The molecule has 20 heavy (non-hydrogen) atoms. The third-order valence-electron chi connectivity index (χ3n) is 4.05. The van der Waals surface area contributed by atoms with E-state index in [1.54, 1.807) is 12.1 Å². The molecule has 1 saturated carbocycles. The molecule has 0 bridgehead atoms. The molecule has 2 rings (SSSR count). The first-order valence-corrected chi connectivity index (χ1v) is 9.07. The van der Waals surface area contributed by atoms with Crippen molar-refractivity contribution in [3.8, 4) is 5.75 Å². The summed E-state index contributed by atoms with van der Waals surface area (Å²) in [6.45, 7) is 2.18. The molecule has 5 heteroatoms. The van der Waals surface area contributed by atoms with Crippen LogP contribution in [0.1, 0.15) is 39.0 Å². The Balaban J connectivity index is 2.17. The monoisotopic (exact) mass is 297 g/mol. The predicted molar refractivity (Wildman–Crippen MR) is 80.6 cm³/mol. The maximum atomic E-state index is 11.5. The van der Waals surface area contributed by atoms with Gasteiger partial charge in [-0.2, -0.15) is 0 Å². The molecule has 0 aliphatic heterocycles. The van der Waals surface area contributed by atoms with Gasteiger partial charge in [0.1, 0.15) is 11.9 Å². The zero-order chi connectivity index (χ0) is 14.8. The molecule has 0 saturated heterocycles. The van der Waals surface area contributed by atoms with Crippen LogP contribution < -0.4 is 10.5 Å². The average Bonchev–Trinajstić information content (AvgIpc) is 2.40. The van der Waals surface area contributed by atoms with Crippen LogP contribution in [-0.4, -0.2) is 20.8 Å². The maximum Gasteiger partial charge on any atom is 0.175 e. The third-order valence-corrected chi connectivity index (χ3v) is 5.16. The van der Waals surface area contributed by atoms with Gasteiger partial charge in [-0.05, 0) is 49.8 Å². The van der Waals surface area contributed by atoms with E-state index in [1.807, 2.05) is 0 Å². The fraction of sp³-hybridized carbons (Fsp3) is 0.600. The molecule has 0 amide bonds. The summed E-state index contributed by atoms with van der Waals surface area (Å²) in [4.78, 5) is 0.234. The lowest BCUT2D eigenvalue weighted by Crippen LogP contribution is -2.30. The van der Waals surface area contributed by atoms with Crippen molar-refractivity contribution in [2.45, 2.75) is 50.0 Å². The number of anilines is 1. The SMILES string of the molecule is CCC1CCCCC1Oc1ccc(S(C)(=O)=O)cc1N. The van der Waals surface area contributed by atoms with Crippen LogP contribution in [0.3, 0.4) is 0 Å². The lowest BCUT2D eigenvalue weighted by atomic mass is 9.85. The van der Waals surface area contributed by atoms with E-state index in [-0.39, 0.29) is 11.0 Å². The Kier molecular flexibility index (Phi) is 4.58. The molecule has 0 spiro atoms. The highest BCUT2D eigenvalue weighted by Crippen LogP contribution is 2.33. The molecule has 1 aromatic rings. The van der Waals surface area contributed by atoms with Crippen LogP contribution in [0.4, 0.5) is 5.69 Å². The first-order valence-electron chi connectivity index (χ1n) is 7.18. The number of benzene rings is 1. The lowest BCUT2D eigenvalue weighted by molar-refractivity contribution is 0.0911. The maximum absolute atomic E-state index is 11.5. The second-order valence-corrected chi connectivity index (χ2v) is 7.60. The molecule has 0 heterocycles. The van der Waals surface area contributed by atoms with Crippen LogP contribution >= 0.6 is 0 Å². The van der Waals surface area contributed by atoms with E-state index < -0.39 is 9.84 Å². The number of ether oxygens (including phenoxy) is 1. The van der Waals surface area contributed by atoms with Gasteiger partial charge in [0.05, 0.1) is 10.6 Å². The normalized spacial score (nSPS) is 23.5. The number of nitrogens with two attached hydrogens (primary N) is 1. The average molecular weight is 297 g/mol. The van der Waals surface area contributed by atoms with E-state index >= 15 is 0 Å². The van der Waals surface area contributed by atoms with Crippen LogP contribution in [0.2, 0.25) is 0 Å². The largest absolute Gasteiger partial charge is 0.488 e. The van der Waals surface area contributed by atoms with Gasteiger partial charge in [0, 0.05) is 6.26 Å². The van der Waals surface area contributed by atoms with Crippen molar-refractivity contribution in [2.24, 2.45) is 5.92 Å². The van der Waals surface area contributed by atoms with E-state index in [4.69, 9.17) is 10.5 Å². The molecule has 0 aromatic heterocycles. The minimum absolute atomic E-state index is 0.195. The van der Waals surface area contributed by atoms with Gasteiger partial charge in [0.25, 0.3) is 0 Å². The van der Waals surface area contributed by atoms with E-state index in [9.17, 15) is 8.42 Å². The summed E-state index contributed by atoms with van der Waals surface area (Å²) in [7, 11) is -3.23. The van der Waals surface area contributed by atoms with Crippen molar-refractivity contribution in [3.05, 3.63) is 18.2 Å². The van der Waals surface area contributed by atoms with Gasteiger partial charge in [-0.3, -0.25) is 0 Å². The van der Waals surface area contributed by atoms with E-state index in [2.05, 4.69) is 6.92 Å². The van der Waals surface area contributed by atoms with Crippen molar-refractivity contribution in [2.75, 3.05) is 12.0 Å². The molecule has 1 fully saturated rings. The summed E-state index contributed by atoms with van der Waals surface area (Å²) in [5.74, 6) is 1.17. The molecule has 2 unspecified atom stereocenters. The van der Waals surface area contributed by atoms with Gasteiger partial charge >= 0.3 is 0 Å². The molecule has 112 valence electrons. The molecule has 2 atom stereocenters. The lowest BCUT2D eigenvalue weighted by Gasteiger charge is -2.31. The molecule has 1 aliphatic carbocycles. The van der Waals surface area contributed by atoms with Gasteiger partial charge < -0.3 is 10.5 Å². The van der Waals surface area contributed by atoms with Crippen molar-refractivity contribution in [1.29, 1.82) is 0 Å². The van der Waals surface area contributed by atoms with Gasteiger partial charge in [-0.25, -0.2) is 8.42 Å². The number of hydrogen-bond acceptors (Lipinski definition) is 4. The third kappa shape index (κ3) is 3.45. The van der Waals surface area contributed by atoms with Crippen molar-refractivity contribution < 1.29 is 13.2 Å². The Morgan fingerprint density at radius 3 is 2.60 bits per heavy atom. The standard InChI is InChI=1S/C15H23NO3S/c1-3-11-6-4-5-7-14(11)19-15-9-8-12(10-13(15)16)20(2,17)18/h8-11,14H,3-7,16H2,1-2H3. The molecule has 2 N–H and O–H groups in total. The second-order valence-electron chi connectivity index (χ2n) is 5.58. The minimum Gasteiger partial charge on any atom is -0.488 e. The minimum atomic E-state index is -3.23. The summed E-state index contributed by atoms with van der Waals surface area (Å²) >= 11 is 0. The molecule has 0 radical (unpaired) electrons. The van der Waals surface area contributed by atoms with Crippen molar-refractivity contribution >= 4 is 15.5 Å². The Morgan fingerprint density at radius 2 is 2.00 bits per heavy atom. The molecular weight excluding hydrogens is 274 g/mol.